The number of urea groups is 1. The minimum Gasteiger partial charge on any atom is -0.384 e. The van der Waals surface area contributed by atoms with E-state index in [-0.39, 0.29) is 23.9 Å². The molecule has 2 aromatic heterocycles. The van der Waals surface area contributed by atoms with Gasteiger partial charge in [0, 0.05) is 48.5 Å². The van der Waals surface area contributed by atoms with E-state index < -0.39 is 5.54 Å². The highest BCUT2D eigenvalue weighted by molar-refractivity contribution is 6.23. The Balaban J connectivity index is 1.40. The third-order valence-corrected chi connectivity index (χ3v) is 6.65. The zero-order valence-corrected chi connectivity index (χ0v) is 19.8. The normalized spacial score (nSPS) is 18.1. The van der Waals surface area contributed by atoms with E-state index in [9.17, 15) is 9.59 Å². The molecular weight excluding hydrogens is 428 g/mol. The number of hydrogen-bond acceptors (Lipinski definition) is 6. The van der Waals surface area contributed by atoms with Crippen molar-refractivity contribution in [3.63, 3.8) is 0 Å². The van der Waals surface area contributed by atoms with Gasteiger partial charge in [0.05, 0.1) is 5.69 Å². The Labute approximate surface area is 199 Å². The van der Waals surface area contributed by atoms with Crippen LogP contribution in [0.4, 0.5) is 27.7 Å². The van der Waals surface area contributed by atoms with E-state index in [1.54, 1.807) is 37.3 Å². The van der Waals surface area contributed by atoms with E-state index in [0.29, 0.717) is 11.5 Å². The van der Waals surface area contributed by atoms with Crippen LogP contribution in [0.15, 0.2) is 61.1 Å². The summed E-state index contributed by atoms with van der Waals surface area (Å²) in [6, 6.07) is 12.9. The number of amides is 3. The molecule has 0 atom stereocenters. The van der Waals surface area contributed by atoms with E-state index in [1.807, 2.05) is 42.5 Å². The quantitative estimate of drug-likeness (QED) is 0.542. The van der Waals surface area contributed by atoms with E-state index >= 15 is 0 Å². The van der Waals surface area contributed by atoms with Crippen LogP contribution in [-0.4, -0.2) is 38.9 Å². The summed E-state index contributed by atoms with van der Waals surface area (Å²) in [5.74, 6) is 0.419. The number of nitrogens with zero attached hydrogens (tertiary/aromatic N) is 4. The molecule has 8 heteroatoms. The monoisotopic (exact) mass is 456 g/mol. The van der Waals surface area contributed by atoms with E-state index in [4.69, 9.17) is 0 Å². The number of nitrogens with one attached hydrogen (secondary N) is 2. The highest BCUT2D eigenvalue weighted by Gasteiger charge is 2.52. The molecule has 4 heterocycles. The third-order valence-electron chi connectivity index (χ3n) is 6.65. The van der Waals surface area contributed by atoms with Gasteiger partial charge in [-0.3, -0.25) is 9.78 Å². The summed E-state index contributed by atoms with van der Waals surface area (Å²) >= 11 is 0. The summed E-state index contributed by atoms with van der Waals surface area (Å²) < 4.78 is 0. The molecule has 0 bridgehead atoms. The van der Waals surface area contributed by atoms with E-state index in [1.165, 1.54) is 10.5 Å². The smallest absolute Gasteiger partial charge is 0.332 e. The number of carbonyl (C=O) groups excluding carboxylic acids is 2. The Hall–Kier alpha value is -3.94. The Kier molecular flexibility index (Phi) is 5.04. The minimum atomic E-state index is -0.981. The third kappa shape index (κ3) is 3.65. The Bertz CT molecular complexity index is 1270. The van der Waals surface area contributed by atoms with Crippen molar-refractivity contribution < 1.29 is 9.59 Å². The van der Waals surface area contributed by atoms with Crippen LogP contribution in [0, 0.1) is 0 Å². The van der Waals surface area contributed by atoms with Gasteiger partial charge in [-0.2, -0.15) is 0 Å². The summed E-state index contributed by atoms with van der Waals surface area (Å²) in [6.07, 6.45) is 5.10. The molecule has 0 radical (unpaired) electrons. The second kappa shape index (κ2) is 7.83. The van der Waals surface area contributed by atoms with Crippen LogP contribution in [-0.2, 0) is 16.8 Å². The lowest BCUT2D eigenvalue weighted by atomic mass is 9.87. The molecule has 2 aliphatic heterocycles. The van der Waals surface area contributed by atoms with Crippen LogP contribution >= 0.6 is 0 Å². The fraction of sp³-hybridized carbons (Fsp3) is 0.308. The number of carbonyl (C=O) groups is 2. The number of aromatic nitrogens is 2. The second-order valence-corrected chi connectivity index (χ2v) is 9.95. The first kappa shape index (κ1) is 21.9. The highest BCUT2D eigenvalue weighted by atomic mass is 16.2. The SMILES string of the molecule is CC1(C)CNc2cc(N3C(=O)N(Cc4ccnc(Nc5ccncc5)c4)C(C)(C)C3=O)ccc21. The molecule has 1 fully saturated rings. The Morgan fingerprint density at radius 1 is 1.00 bits per heavy atom. The van der Waals surface area contributed by atoms with Crippen LogP contribution in [0.1, 0.15) is 38.8 Å². The van der Waals surface area contributed by atoms with E-state index in [0.717, 1.165) is 23.5 Å². The number of hydrogen-bond donors (Lipinski definition) is 2. The van der Waals surface area contributed by atoms with Gasteiger partial charge in [0.2, 0.25) is 0 Å². The highest BCUT2D eigenvalue weighted by Crippen LogP contribution is 2.40. The Morgan fingerprint density at radius 2 is 1.76 bits per heavy atom. The summed E-state index contributed by atoms with van der Waals surface area (Å²) in [7, 11) is 0. The van der Waals surface area contributed by atoms with Gasteiger partial charge in [0.1, 0.15) is 11.4 Å². The van der Waals surface area contributed by atoms with Crippen molar-refractivity contribution in [3.05, 3.63) is 72.2 Å². The molecule has 2 aliphatic rings. The maximum atomic E-state index is 13.5. The van der Waals surface area contributed by atoms with Gasteiger partial charge >= 0.3 is 6.03 Å². The van der Waals surface area contributed by atoms with Crippen molar-refractivity contribution in [1.29, 1.82) is 0 Å². The van der Waals surface area contributed by atoms with Crippen molar-refractivity contribution in [2.45, 2.75) is 45.2 Å². The number of benzene rings is 1. The first-order chi connectivity index (χ1) is 16.2. The van der Waals surface area contributed by atoms with Crippen LogP contribution in [0.25, 0.3) is 0 Å². The lowest BCUT2D eigenvalue weighted by Crippen LogP contribution is -2.43. The molecule has 2 N–H and O–H groups in total. The second-order valence-electron chi connectivity index (χ2n) is 9.95. The van der Waals surface area contributed by atoms with Crippen molar-refractivity contribution in [3.8, 4) is 0 Å². The number of fused-ring (bicyclic) bond motifs is 1. The average Bonchev–Trinajstić information content (AvgIpc) is 3.20. The zero-order valence-electron chi connectivity index (χ0n) is 19.8. The zero-order chi connectivity index (χ0) is 24.1. The van der Waals surface area contributed by atoms with Gasteiger partial charge in [-0.1, -0.05) is 19.9 Å². The number of rotatable bonds is 5. The molecule has 0 saturated carbocycles. The maximum Gasteiger partial charge on any atom is 0.332 e. The number of imide groups is 1. The number of anilines is 4. The fourth-order valence-corrected chi connectivity index (χ4v) is 4.55. The molecular formula is C26H28N6O2. The van der Waals surface area contributed by atoms with Gasteiger partial charge in [-0.15, -0.1) is 0 Å². The van der Waals surface area contributed by atoms with Crippen molar-refractivity contribution in [1.82, 2.24) is 14.9 Å². The van der Waals surface area contributed by atoms with Gasteiger partial charge in [-0.05, 0) is 61.4 Å². The molecule has 34 heavy (non-hydrogen) atoms. The fourth-order valence-electron chi connectivity index (χ4n) is 4.55. The van der Waals surface area contributed by atoms with Crippen molar-refractivity contribution in [2.24, 2.45) is 0 Å². The minimum absolute atomic E-state index is 0.0154. The summed E-state index contributed by atoms with van der Waals surface area (Å²) in [4.78, 5) is 38.2. The average molecular weight is 457 g/mol. The molecule has 0 unspecified atom stereocenters. The van der Waals surface area contributed by atoms with Crippen LogP contribution in [0.2, 0.25) is 0 Å². The predicted octanol–water partition coefficient (Wildman–Crippen LogP) is 4.67. The standard InChI is InChI=1S/C26H28N6O2/c1-25(2)16-29-21-14-19(5-6-20(21)25)32-23(33)26(3,4)31(24(32)34)15-17-7-12-28-22(13-17)30-18-8-10-27-11-9-18/h5-14,29H,15-16H2,1-4H3,(H,27,28,30). The first-order valence-corrected chi connectivity index (χ1v) is 11.3. The predicted molar refractivity (Wildman–Crippen MR) is 132 cm³/mol. The van der Waals surface area contributed by atoms with Gasteiger partial charge < -0.3 is 15.5 Å². The molecule has 1 saturated heterocycles. The van der Waals surface area contributed by atoms with Crippen molar-refractivity contribution >= 4 is 34.8 Å². The van der Waals surface area contributed by atoms with Crippen molar-refractivity contribution in [2.75, 3.05) is 22.1 Å². The molecule has 174 valence electrons. The molecule has 0 spiro atoms. The molecule has 0 aliphatic carbocycles. The van der Waals surface area contributed by atoms with E-state index in [2.05, 4.69) is 34.4 Å². The van der Waals surface area contributed by atoms with Gasteiger partial charge in [0.15, 0.2) is 0 Å². The molecule has 8 nitrogen and oxygen atoms in total. The Morgan fingerprint density at radius 3 is 2.53 bits per heavy atom. The van der Waals surface area contributed by atoms with Crippen LogP contribution in [0.3, 0.4) is 0 Å². The largest absolute Gasteiger partial charge is 0.384 e. The lowest BCUT2D eigenvalue weighted by Gasteiger charge is -2.27. The number of pyridine rings is 2. The van der Waals surface area contributed by atoms with Crippen LogP contribution < -0.4 is 15.5 Å². The van der Waals surface area contributed by atoms with Gasteiger partial charge in [0.25, 0.3) is 5.91 Å². The molecule has 5 rings (SSSR count). The van der Waals surface area contributed by atoms with Gasteiger partial charge in [-0.25, -0.2) is 14.7 Å². The maximum absolute atomic E-state index is 13.5. The summed E-state index contributed by atoms with van der Waals surface area (Å²) in [6.45, 7) is 9.05. The van der Waals surface area contributed by atoms with Crippen LogP contribution in [0.5, 0.6) is 0 Å². The summed E-state index contributed by atoms with van der Waals surface area (Å²) in [5, 5.41) is 6.64. The molecule has 3 aromatic rings. The molecule has 3 amide bonds. The topological polar surface area (TPSA) is 90.5 Å². The molecule has 1 aromatic carbocycles. The first-order valence-electron chi connectivity index (χ1n) is 11.3. The lowest BCUT2D eigenvalue weighted by molar-refractivity contribution is -0.123. The summed E-state index contributed by atoms with van der Waals surface area (Å²) in [5.41, 5.74) is 3.53.